The molecule has 1 nitrogen and oxygen atoms in total. The first-order valence-corrected chi connectivity index (χ1v) is 7.72. The van der Waals surface area contributed by atoms with Crippen LogP contribution in [0.4, 0.5) is 0 Å². The summed E-state index contributed by atoms with van der Waals surface area (Å²) in [6, 6.07) is 10.4. The summed E-state index contributed by atoms with van der Waals surface area (Å²) in [4.78, 5) is 2.62. The predicted octanol–water partition coefficient (Wildman–Crippen LogP) is 4.66. The van der Waals surface area contributed by atoms with Crippen molar-refractivity contribution in [3.63, 3.8) is 0 Å². The summed E-state index contributed by atoms with van der Waals surface area (Å²) >= 11 is 5.31. The minimum atomic E-state index is -0.441. The lowest BCUT2D eigenvalue weighted by atomic mass is 10.0. The molecule has 0 aliphatic carbocycles. The number of hydrogen-bond acceptors (Lipinski definition) is 2. The fourth-order valence-electron chi connectivity index (χ4n) is 1.92. The molecule has 0 spiro atoms. The third-order valence-corrected chi connectivity index (χ3v) is 4.91. The largest absolute Gasteiger partial charge is 0.388 e. The van der Waals surface area contributed by atoms with Crippen molar-refractivity contribution in [2.45, 2.75) is 32.8 Å². The van der Waals surface area contributed by atoms with Crippen LogP contribution in [0.3, 0.4) is 0 Å². The van der Waals surface area contributed by atoms with Gasteiger partial charge >= 0.3 is 0 Å². The Morgan fingerprint density at radius 1 is 1.22 bits per heavy atom. The molecule has 1 aromatic carbocycles. The molecule has 0 aliphatic heterocycles. The SMILES string of the molecule is CCc1ccc(CC(O)c2ccc(C)cc2Br)s1. The Balaban J connectivity index is 2.13. The molecule has 96 valence electrons. The number of aryl methyl sites for hydroxylation is 2. The van der Waals surface area contributed by atoms with E-state index >= 15 is 0 Å². The van der Waals surface area contributed by atoms with E-state index in [9.17, 15) is 5.11 Å². The van der Waals surface area contributed by atoms with E-state index < -0.39 is 6.10 Å². The molecule has 1 N–H and O–H groups in total. The highest BCUT2D eigenvalue weighted by atomic mass is 79.9. The summed E-state index contributed by atoms with van der Waals surface area (Å²) in [5.74, 6) is 0. The summed E-state index contributed by atoms with van der Waals surface area (Å²) in [6.45, 7) is 4.20. The van der Waals surface area contributed by atoms with Crippen molar-refractivity contribution in [2.75, 3.05) is 0 Å². The molecule has 1 unspecified atom stereocenters. The Bertz CT molecular complexity index is 533. The van der Waals surface area contributed by atoms with Gasteiger partial charge in [0.2, 0.25) is 0 Å². The molecule has 2 aromatic rings. The first kappa shape index (κ1) is 13.8. The molecule has 0 saturated carbocycles. The maximum absolute atomic E-state index is 10.3. The highest BCUT2D eigenvalue weighted by molar-refractivity contribution is 9.10. The van der Waals surface area contributed by atoms with Crippen LogP contribution in [-0.2, 0) is 12.8 Å². The van der Waals surface area contributed by atoms with E-state index in [-0.39, 0.29) is 0 Å². The third-order valence-electron chi connectivity index (χ3n) is 2.98. The zero-order chi connectivity index (χ0) is 13.1. The maximum Gasteiger partial charge on any atom is 0.0849 e. The van der Waals surface area contributed by atoms with Gasteiger partial charge < -0.3 is 5.11 Å². The predicted molar refractivity (Wildman–Crippen MR) is 81.2 cm³/mol. The van der Waals surface area contributed by atoms with Crippen LogP contribution in [0.25, 0.3) is 0 Å². The number of benzene rings is 1. The van der Waals surface area contributed by atoms with Crippen LogP contribution in [0.1, 0.15) is 33.9 Å². The molecule has 0 fully saturated rings. The zero-order valence-electron chi connectivity index (χ0n) is 10.6. The van der Waals surface area contributed by atoms with E-state index in [1.54, 1.807) is 11.3 Å². The van der Waals surface area contributed by atoms with Crippen LogP contribution in [0.5, 0.6) is 0 Å². The Hall–Kier alpha value is -0.640. The second-order valence-corrected chi connectivity index (χ2v) is 6.57. The van der Waals surface area contributed by atoms with Gasteiger partial charge in [-0.05, 0) is 42.7 Å². The molecule has 0 amide bonds. The van der Waals surface area contributed by atoms with Crippen LogP contribution in [0.15, 0.2) is 34.8 Å². The standard InChI is InChI=1S/C15H17BrOS/c1-3-11-5-6-12(18-11)9-15(17)13-7-4-10(2)8-14(13)16/h4-8,15,17H,3,9H2,1-2H3. The smallest absolute Gasteiger partial charge is 0.0849 e. The van der Waals surface area contributed by atoms with E-state index in [1.807, 2.05) is 25.1 Å². The fraction of sp³-hybridized carbons (Fsp3) is 0.333. The monoisotopic (exact) mass is 324 g/mol. The topological polar surface area (TPSA) is 20.2 Å². The molecule has 1 atom stereocenters. The van der Waals surface area contributed by atoms with Crippen LogP contribution in [0, 0.1) is 6.92 Å². The molecule has 0 saturated heterocycles. The van der Waals surface area contributed by atoms with E-state index in [2.05, 4.69) is 35.0 Å². The number of hydrogen-bond donors (Lipinski definition) is 1. The van der Waals surface area contributed by atoms with E-state index in [0.717, 1.165) is 16.5 Å². The Kier molecular flexibility index (Phi) is 4.60. The van der Waals surface area contributed by atoms with Crippen molar-refractivity contribution in [1.82, 2.24) is 0 Å². The van der Waals surface area contributed by atoms with Crippen LogP contribution in [0.2, 0.25) is 0 Å². The molecule has 1 heterocycles. The van der Waals surface area contributed by atoms with E-state index in [4.69, 9.17) is 0 Å². The van der Waals surface area contributed by atoms with Gasteiger partial charge in [0, 0.05) is 20.6 Å². The summed E-state index contributed by atoms with van der Waals surface area (Å²) in [6.07, 6.45) is 1.31. The van der Waals surface area contributed by atoms with Crippen molar-refractivity contribution in [3.8, 4) is 0 Å². The van der Waals surface area contributed by atoms with Gasteiger partial charge in [-0.2, -0.15) is 0 Å². The molecule has 0 bridgehead atoms. The van der Waals surface area contributed by atoms with Crippen molar-refractivity contribution in [1.29, 1.82) is 0 Å². The lowest BCUT2D eigenvalue weighted by Crippen LogP contribution is -2.01. The normalized spacial score (nSPS) is 12.7. The first-order valence-electron chi connectivity index (χ1n) is 6.12. The Morgan fingerprint density at radius 2 is 1.94 bits per heavy atom. The van der Waals surface area contributed by atoms with Gasteiger partial charge in [-0.3, -0.25) is 0 Å². The summed E-state index contributed by atoms with van der Waals surface area (Å²) in [7, 11) is 0. The molecule has 2 rings (SSSR count). The number of rotatable bonds is 4. The Labute approximate surface area is 121 Å². The van der Waals surface area contributed by atoms with Gasteiger partial charge in [0.1, 0.15) is 0 Å². The molecule has 1 aromatic heterocycles. The third kappa shape index (κ3) is 3.22. The average molecular weight is 325 g/mol. The fourth-order valence-corrected chi connectivity index (χ4v) is 3.68. The molecule has 3 heteroatoms. The maximum atomic E-state index is 10.3. The van der Waals surface area contributed by atoms with E-state index in [1.165, 1.54) is 15.3 Å². The van der Waals surface area contributed by atoms with Gasteiger partial charge in [-0.25, -0.2) is 0 Å². The number of thiophene rings is 1. The zero-order valence-corrected chi connectivity index (χ0v) is 13.0. The lowest BCUT2D eigenvalue weighted by molar-refractivity contribution is 0.178. The summed E-state index contributed by atoms with van der Waals surface area (Å²) in [5.41, 5.74) is 2.16. The molecular formula is C15H17BrOS. The van der Waals surface area contributed by atoms with Gasteiger partial charge in [0.25, 0.3) is 0 Å². The molecular weight excluding hydrogens is 308 g/mol. The average Bonchev–Trinajstić information content (AvgIpc) is 2.76. The van der Waals surface area contributed by atoms with Crippen molar-refractivity contribution in [3.05, 3.63) is 55.7 Å². The minimum Gasteiger partial charge on any atom is -0.388 e. The van der Waals surface area contributed by atoms with Crippen LogP contribution < -0.4 is 0 Å². The lowest BCUT2D eigenvalue weighted by Gasteiger charge is -2.12. The van der Waals surface area contributed by atoms with Gasteiger partial charge in [-0.15, -0.1) is 11.3 Å². The number of aliphatic hydroxyl groups excluding tert-OH is 1. The second-order valence-electron chi connectivity index (χ2n) is 4.47. The van der Waals surface area contributed by atoms with E-state index in [0.29, 0.717) is 6.42 Å². The highest BCUT2D eigenvalue weighted by Crippen LogP contribution is 2.29. The van der Waals surface area contributed by atoms with Crippen LogP contribution >= 0.6 is 27.3 Å². The second kappa shape index (κ2) is 6.00. The minimum absolute atomic E-state index is 0.441. The van der Waals surface area contributed by atoms with Crippen molar-refractivity contribution in [2.24, 2.45) is 0 Å². The molecule has 0 radical (unpaired) electrons. The molecule has 18 heavy (non-hydrogen) atoms. The van der Waals surface area contributed by atoms with Gasteiger partial charge in [0.05, 0.1) is 6.10 Å². The molecule has 0 aliphatic rings. The number of aliphatic hydroxyl groups is 1. The Morgan fingerprint density at radius 3 is 2.56 bits per heavy atom. The van der Waals surface area contributed by atoms with Crippen molar-refractivity contribution < 1.29 is 5.11 Å². The van der Waals surface area contributed by atoms with Gasteiger partial charge in [0.15, 0.2) is 0 Å². The highest BCUT2D eigenvalue weighted by Gasteiger charge is 2.13. The van der Waals surface area contributed by atoms with Crippen LogP contribution in [-0.4, -0.2) is 5.11 Å². The summed E-state index contributed by atoms with van der Waals surface area (Å²) < 4.78 is 0.988. The van der Waals surface area contributed by atoms with Crippen molar-refractivity contribution >= 4 is 27.3 Å². The summed E-state index contributed by atoms with van der Waals surface area (Å²) in [5, 5.41) is 10.3. The van der Waals surface area contributed by atoms with Gasteiger partial charge in [-0.1, -0.05) is 35.0 Å². The first-order chi connectivity index (χ1) is 8.60. The number of halogens is 1. The quantitative estimate of drug-likeness (QED) is 0.867.